The molecule has 1 heterocycles. The van der Waals surface area contributed by atoms with E-state index in [1.165, 1.54) is 51.4 Å². The van der Waals surface area contributed by atoms with Gasteiger partial charge in [0.15, 0.2) is 0 Å². The van der Waals surface area contributed by atoms with Crippen molar-refractivity contribution in [1.82, 2.24) is 0 Å². The van der Waals surface area contributed by atoms with Gasteiger partial charge in [0.1, 0.15) is 24.4 Å². The molecule has 0 aliphatic carbocycles. The number of aliphatic hydroxyl groups is 3. The van der Waals surface area contributed by atoms with E-state index in [1.807, 2.05) is 6.08 Å². The Labute approximate surface area is 146 Å². The third-order valence-electron chi connectivity index (χ3n) is 4.50. The average molecular weight is 344 g/mol. The first-order valence-electron chi connectivity index (χ1n) is 9.55. The maximum atomic E-state index is 9.81. The second-order valence-electron chi connectivity index (χ2n) is 6.65. The summed E-state index contributed by atoms with van der Waals surface area (Å²) in [6, 6.07) is 0. The van der Waals surface area contributed by atoms with Gasteiger partial charge in [-0.1, -0.05) is 64.0 Å². The first-order valence-corrected chi connectivity index (χ1v) is 9.55. The predicted octanol–water partition coefficient (Wildman–Crippen LogP) is 2.57. The first-order chi connectivity index (χ1) is 11.7. The number of ether oxygens (including phenoxy) is 2. The molecule has 0 bridgehead atoms. The van der Waals surface area contributed by atoms with Gasteiger partial charge in [-0.15, -0.1) is 0 Å². The quantitative estimate of drug-likeness (QED) is 0.333. The van der Waals surface area contributed by atoms with E-state index >= 15 is 0 Å². The van der Waals surface area contributed by atoms with Crippen molar-refractivity contribution < 1.29 is 24.8 Å². The Morgan fingerprint density at radius 1 is 1.08 bits per heavy atom. The van der Waals surface area contributed by atoms with E-state index in [4.69, 9.17) is 14.6 Å². The second-order valence-corrected chi connectivity index (χ2v) is 6.65. The Kier molecular flexibility index (Phi) is 12.4. The molecular weight excluding hydrogens is 308 g/mol. The maximum Gasteiger partial charge on any atom is 0.115 e. The zero-order chi connectivity index (χ0) is 17.6. The summed E-state index contributed by atoms with van der Waals surface area (Å²) in [5.74, 6) is 0. The highest BCUT2D eigenvalue weighted by Gasteiger charge is 2.40. The molecule has 0 amide bonds. The molecule has 3 N–H and O–H groups in total. The minimum atomic E-state index is -1.02. The zero-order valence-corrected chi connectivity index (χ0v) is 15.1. The molecule has 24 heavy (non-hydrogen) atoms. The predicted molar refractivity (Wildman–Crippen MR) is 94.9 cm³/mol. The fourth-order valence-corrected chi connectivity index (χ4v) is 3.01. The topological polar surface area (TPSA) is 79.2 Å². The Morgan fingerprint density at radius 3 is 2.42 bits per heavy atom. The third-order valence-corrected chi connectivity index (χ3v) is 4.50. The molecule has 1 rings (SSSR count). The van der Waals surface area contributed by atoms with Crippen molar-refractivity contribution in [1.29, 1.82) is 0 Å². The molecule has 1 aliphatic heterocycles. The van der Waals surface area contributed by atoms with E-state index in [9.17, 15) is 10.2 Å². The summed E-state index contributed by atoms with van der Waals surface area (Å²) < 4.78 is 10.9. The van der Waals surface area contributed by atoms with Gasteiger partial charge in [0, 0.05) is 0 Å². The van der Waals surface area contributed by atoms with Crippen LogP contribution in [0.25, 0.3) is 0 Å². The van der Waals surface area contributed by atoms with Gasteiger partial charge in [-0.25, -0.2) is 0 Å². The van der Waals surface area contributed by atoms with Crippen molar-refractivity contribution >= 4 is 0 Å². The van der Waals surface area contributed by atoms with Crippen molar-refractivity contribution in [2.75, 3.05) is 19.8 Å². The molecule has 1 aliphatic rings. The van der Waals surface area contributed by atoms with Gasteiger partial charge >= 0.3 is 0 Å². The monoisotopic (exact) mass is 344 g/mol. The highest BCUT2D eigenvalue weighted by atomic mass is 16.6. The van der Waals surface area contributed by atoms with Gasteiger partial charge in [-0.05, 0) is 12.8 Å². The summed E-state index contributed by atoms with van der Waals surface area (Å²) in [4.78, 5) is 0. The van der Waals surface area contributed by atoms with Crippen LogP contribution in [0.1, 0.15) is 64.7 Å². The largest absolute Gasteiger partial charge is 0.394 e. The lowest BCUT2D eigenvalue weighted by atomic mass is 10.1. The molecule has 0 unspecified atom stereocenters. The van der Waals surface area contributed by atoms with Gasteiger partial charge in [-0.2, -0.15) is 0 Å². The zero-order valence-electron chi connectivity index (χ0n) is 15.1. The van der Waals surface area contributed by atoms with Crippen LogP contribution in [0.15, 0.2) is 12.2 Å². The minimum Gasteiger partial charge on any atom is -0.394 e. The summed E-state index contributed by atoms with van der Waals surface area (Å²) in [5.41, 5.74) is 0. The van der Waals surface area contributed by atoms with Crippen LogP contribution in [0.4, 0.5) is 0 Å². The summed E-state index contributed by atoms with van der Waals surface area (Å²) in [5, 5.41) is 28.5. The van der Waals surface area contributed by atoms with E-state index in [0.717, 1.165) is 6.42 Å². The van der Waals surface area contributed by atoms with E-state index in [-0.39, 0.29) is 6.61 Å². The van der Waals surface area contributed by atoms with Crippen molar-refractivity contribution in [3.05, 3.63) is 12.2 Å². The summed E-state index contributed by atoms with van der Waals surface area (Å²) >= 11 is 0. The molecule has 5 heteroatoms. The SMILES string of the molecule is CCCCCCCCCC/C=C/CO[C@H]1[C@@H]([C@H](O)CO)OC[C@@H]1O. The van der Waals surface area contributed by atoms with Gasteiger partial charge in [-0.3, -0.25) is 0 Å². The fourth-order valence-electron chi connectivity index (χ4n) is 3.01. The lowest BCUT2D eigenvalue weighted by molar-refractivity contribution is -0.0879. The minimum absolute atomic E-state index is 0.133. The van der Waals surface area contributed by atoms with Crippen LogP contribution in [0.5, 0.6) is 0 Å². The Balaban J connectivity index is 2.02. The molecule has 0 aromatic rings. The molecule has 0 radical (unpaired) electrons. The molecule has 1 fully saturated rings. The average Bonchev–Trinajstić information content (AvgIpc) is 2.96. The Morgan fingerprint density at radius 2 is 1.75 bits per heavy atom. The summed E-state index contributed by atoms with van der Waals surface area (Å²) in [7, 11) is 0. The van der Waals surface area contributed by atoms with E-state index in [1.54, 1.807) is 0 Å². The van der Waals surface area contributed by atoms with Crippen LogP contribution in [-0.2, 0) is 9.47 Å². The second kappa shape index (κ2) is 13.8. The molecule has 0 aromatic carbocycles. The van der Waals surface area contributed by atoms with Crippen LogP contribution >= 0.6 is 0 Å². The molecule has 0 saturated carbocycles. The van der Waals surface area contributed by atoms with Crippen LogP contribution in [0, 0.1) is 0 Å². The van der Waals surface area contributed by atoms with Crippen LogP contribution in [0.2, 0.25) is 0 Å². The van der Waals surface area contributed by atoms with Gasteiger partial charge < -0.3 is 24.8 Å². The Hall–Kier alpha value is -0.460. The van der Waals surface area contributed by atoms with Gasteiger partial charge in [0.25, 0.3) is 0 Å². The molecular formula is C19H36O5. The number of hydrogen-bond acceptors (Lipinski definition) is 5. The van der Waals surface area contributed by atoms with Crippen LogP contribution in [0.3, 0.4) is 0 Å². The number of rotatable bonds is 14. The first kappa shape index (κ1) is 21.6. The van der Waals surface area contributed by atoms with Crippen LogP contribution in [-0.4, -0.2) is 59.6 Å². The van der Waals surface area contributed by atoms with Crippen molar-refractivity contribution in [2.24, 2.45) is 0 Å². The van der Waals surface area contributed by atoms with E-state index in [2.05, 4.69) is 13.0 Å². The van der Waals surface area contributed by atoms with Crippen molar-refractivity contribution in [3.8, 4) is 0 Å². The maximum absolute atomic E-state index is 9.81. The summed E-state index contributed by atoms with van der Waals surface area (Å²) in [6.07, 6.45) is 12.6. The highest BCUT2D eigenvalue weighted by Crippen LogP contribution is 2.21. The number of aliphatic hydroxyl groups excluding tert-OH is 3. The molecule has 4 atom stereocenters. The number of unbranched alkanes of at least 4 members (excludes halogenated alkanes) is 8. The van der Waals surface area contributed by atoms with Gasteiger partial charge in [0.2, 0.25) is 0 Å². The number of allylic oxidation sites excluding steroid dienone is 1. The molecule has 0 aromatic heterocycles. The number of hydrogen-bond donors (Lipinski definition) is 3. The molecule has 0 spiro atoms. The fraction of sp³-hybridized carbons (Fsp3) is 0.895. The molecule has 142 valence electrons. The highest BCUT2D eigenvalue weighted by molar-refractivity contribution is 4.91. The van der Waals surface area contributed by atoms with Crippen molar-refractivity contribution in [2.45, 2.75) is 89.1 Å². The van der Waals surface area contributed by atoms with Gasteiger partial charge in [0.05, 0.1) is 19.8 Å². The summed E-state index contributed by atoms with van der Waals surface area (Å²) in [6.45, 7) is 2.36. The lowest BCUT2D eigenvalue weighted by Crippen LogP contribution is -2.42. The van der Waals surface area contributed by atoms with Crippen LogP contribution < -0.4 is 0 Å². The van der Waals surface area contributed by atoms with Crippen molar-refractivity contribution in [3.63, 3.8) is 0 Å². The van der Waals surface area contributed by atoms with E-state index < -0.39 is 31.0 Å². The Bertz CT molecular complexity index is 321. The third kappa shape index (κ3) is 8.58. The normalized spacial score (nSPS) is 25.6. The van der Waals surface area contributed by atoms with E-state index in [0.29, 0.717) is 6.61 Å². The molecule has 5 nitrogen and oxygen atoms in total. The molecule has 1 saturated heterocycles. The smallest absolute Gasteiger partial charge is 0.115 e. The lowest BCUT2D eigenvalue weighted by Gasteiger charge is -2.23. The standard InChI is InChI=1S/C19H36O5/c1-2-3-4-5-6-7-8-9-10-11-12-13-23-19-17(22)15-24-18(19)16(21)14-20/h11-12,16-22H,2-10,13-15H2,1H3/b12-11+/t16-,17+,18-,19-/m1/s1.